The lowest BCUT2D eigenvalue weighted by Crippen LogP contribution is -2.35. The first kappa shape index (κ1) is 27.6. The zero-order valence-corrected chi connectivity index (χ0v) is 18.8. The van der Waals surface area contributed by atoms with Crippen LogP contribution in [0.1, 0.15) is 117 Å². The van der Waals surface area contributed by atoms with E-state index in [1.54, 1.807) is 0 Å². The van der Waals surface area contributed by atoms with Crippen LogP contribution in [0.3, 0.4) is 0 Å². The van der Waals surface area contributed by atoms with Crippen molar-refractivity contribution in [2.24, 2.45) is 0 Å². The zero-order valence-electron chi connectivity index (χ0n) is 18.8. The van der Waals surface area contributed by atoms with Crippen molar-refractivity contribution in [2.45, 2.75) is 117 Å². The fraction of sp³-hybridized carbons (Fsp3) is 0.957. The highest BCUT2D eigenvalue weighted by Gasteiger charge is 2.04. The van der Waals surface area contributed by atoms with Gasteiger partial charge in [0.05, 0.1) is 27.7 Å². The summed E-state index contributed by atoms with van der Waals surface area (Å²) in [5.74, 6) is -0.913. The van der Waals surface area contributed by atoms with Crippen LogP contribution in [0.5, 0.6) is 0 Å². The molecule has 0 aromatic rings. The minimum absolute atomic E-state index is 0.230. The largest absolute Gasteiger partial charge is 0.550 e. The quantitative estimate of drug-likeness (QED) is 0.243. The average Bonchev–Trinajstić information content (AvgIpc) is 2.56. The minimum Gasteiger partial charge on any atom is -0.550 e. The number of quaternary nitrogens is 1. The molecule has 0 aromatic heterocycles. The lowest BCUT2D eigenvalue weighted by atomic mass is 10.1. The van der Waals surface area contributed by atoms with Crippen molar-refractivity contribution in [3.63, 3.8) is 0 Å². The molecule has 0 bridgehead atoms. The van der Waals surface area contributed by atoms with Gasteiger partial charge in [0.1, 0.15) is 0 Å². The summed E-state index contributed by atoms with van der Waals surface area (Å²) < 4.78 is 1.12. The van der Waals surface area contributed by atoms with E-state index in [4.69, 9.17) is 0 Å². The monoisotopic (exact) mass is 371 g/mol. The van der Waals surface area contributed by atoms with Gasteiger partial charge in [0.25, 0.3) is 0 Å². The predicted molar refractivity (Wildman–Crippen MR) is 113 cm³/mol. The second-order valence-corrected chi connectivity index (χ2v) is 8.73. The van der Waals surface area contributed by atoms with E-state index in [-0.39, 0.29) is 6.42 Å². The molecule has 0 aliphatic carbocycles. The van der Waals surface area contributed by atoms with Gasteiger partial charge >= 0.3 is 0 Å². The van der Waals surface area contributed by atoms with Crippen molar-refractivity contribution in [2.75, 3.05) is 27.7 Å². The third kappa shape index (κ3) is 31.2. The maximum atomic E-state index is 10.0. The van der Waals surface area contributed by atoms with E-state index in [9.17, 15) is 9.90 Å². The highest BCUT2D eigenvalue weighted by atomic mass is 16.4. The van der Waals surface area contributed by atoms with Crippen molar-refractivity contribution in [1.29, 1.82) is 0 Å². The molecular weight excluding hydrogens is 322 g/mol. The molecule has 0 radical (unpaired) electrons. The number of hydrogen-bond donors (Lipinski definition) is 0. The van der Waals surface area contributed by atoms with E-state index >= 15 is 0 Å². The lowest BCUT2D eigenvalue weighted by Gasteiger charge is -2.23. The van der Waals surface area contributed by atoms with Gasteiger partial charge in [0.15, 0.2) is 0 Å². The average molecular weight is 372 g/mol. The van der Waals surface area contributed by atoms with E-state index in [1.807, 2.05) is 0 Å². The maximum absolute atomic E-state index is 10.0. The van der Waals surface area contributed by atoms with Gasteiger partial charge in [0, 0.05) is 5.97 Å². The van der Waals surface area contributed by atoms with E-state index in [0.29, 0.717) is 0 Å². The van der Waals surface area contributed by atoms with Gasteiger partial charge in [-0.25, -0.2) is 0 Å². The number of rotatable bonds is 17. The Morgan fingerprint density at radius 1 is 0.615 bits per heavy atom. The number of carboxylic acid groups (broad SMARTS) is 1. The molecule has 3 heteroatoms. The van der Waals surface area contributed by atoms with Gasteiger partial charge in [-0.05, 0) is 25.7 Å². The number of hydrogen-bond acceptors (Lipinski definition) is 2. The van der Waals surface area contributed by atoms with E-state index in [0.717, 1.165) is 17.3 Å². The Balaban J connectivity index is 0. The molecule has 0 spiro atoms. The Morgan fingerprint density at radius 3 is 1.31 bits per heavy atom. The standard InChI is InChI=1S/C13H30N.C10H20O2/c1-5-6-7-8-9-10-11-12-13-14(2,3)4;1-2-3-4-5-6-7-8-9-10(11)12/h5-13H2,1-4H3;2-9H2,1H3,(H,11,12)/q+1;/p-1. The third-order valence-electron chi connectivity index (χ3n) is 4.67. The van der Waals surface area contributed by atoms with Gasteiger partial charge in [0.2, 0.25) is 0 Å². The number of nitrogens with zero attached hydrogens (tertiary/aromatic N) is 1. The molecule has 0 fully saturated rings. The van der Waals surface area contributed by atoms with Crippen molar-refractivity contribution in [1.82, 2.24) is 0 Å². The first-order valence-electron chi connectivity index (χ1n) is 11.3. The van der Waals surface area contributed by atoms with Crippen LogP contribution in [0.25, 0.3) is 0 Å². The van der Waals surface area contributed by atoms with Gasteiger partial charge in [-0.2, -0.15) is 0 Å². The molecule has 158 valence electrons. The Hall–Kier alpha value is -0.570. The molecule has 0 aromatic carbocycles. The van der Waals surface area contributed by atoms with Crippen LogP contribution in [0, 0.1) is 0 Å². The molecule has 0 saturated carbocycles. The van der Waals surface area contributed by atoms with Gasteiger partial charge in [-0.1, -0.05) is 90.9 Å². The van der Waals surface area contributed by atoms with E-state index in [2.05, 4.69) is 35.0 Å². The van der Waals surface area contributed by atoms with Crippen LogP contribution in [0.15, 0.2) is 0 Å². The molecule has 0 aliphatic rings. The molecule has 0 amide bonds. The van der Waals surface area contributed by atoms with Gasteiger partial charge in [-0.3, -0.25) is 0 Å². The van der Waals surface area contributed by atoms with Crippen molar-refractivity contribution in [3.8, 4) is 0 Å². The Labute approximate surface area is 165 Å². The summed E-state index contributed by atoms with van der Waals surface area (Å²) in [7, 11) is 6.84. The summed E-state index contributed by atoms with van der Waals surface area (Å²) in [6, 6.07) is 0. The fourth-order valence-corrected chi connectivity index (χ4v) is 2.95. The molecule has 0 N–H and O–H groups in total. The lowest BCUT2D eigenvalue weighted by molar-refractivity contribution is -0.870. The summed E-state index contributed by atoms with van der Waals surface area (Å²) >= 11 is 0. The summed E-state index contributed by atoms with van der Waals surface area (Å²) in [4.78, 5) is 10.0. The summed E-state index contributed by atoms with van der Waals surface area (Å²) in [5.41, 5.74) is 0. The smallest absolute Gasteiger partial charge is 0.0780 e. The minimum atomic E-state index is -0.913. The van der Waals surface area contributed by atoms with Crippen molar-refractivity contribution < 1.29 is 14.4 Å². The topological polar surface area (TPSA) is 40.1 Å². The van der Waals surface area contributed by atoms with Crippen molar-refractivity contribution in [3.05, 3.63) is 0 Å². The Morgan fingerprint density at radius 2 is 0.962 bits per heavy atom. The van der Waals surface area contributed by atoms with Crippen LogP contribution < -0.4 is 5.11 Å². The summed E-state index contributed by atoms with van der Waals surface area (Å²) in [6.45, 7) is 5.80. The number of carbonyl (C=O) groups is 1. The molecule has 0 saturated heterocycles. The number of carbonyl (C=O) groups excluding carboxylic acids is 1. The molecule has 26 heavy (non-hydrogen) atoms. The first-order chi connectivity index (χ1) is 12.3. The number of carboxylic acids is 1. The normalized spacial score (nSPS) is 11.1. The number of unbranched alkanes of at least 4 members (excludes halogenated alkanes) is 13. The van der Waals surface area contributed by atoms with E-state index < -0.39 is 5.97 Å². The first-order valence-corrected chi connectivity index (χ1v) is 11.3. The molecule has 0 atom stereocenters. The Kier molecular flexibility index (Phi) is 22.1. The number of aliphatic carboxylic acids is 1. The fourth-order valence-electron chi connectivity index (χ4n) is 2.95. The molecule has 0 aliphatic heterocycles. The van der Waals surface area contributed by atoms with Crippen LogP contribution in [-0.4, -0.2) is 38.1 Å². The van der Waals surface area contributed by atoms with E-state index in [1.165, 1.54) is 90.0 Å². The maximum Gasteiger partial charge on any atom is 0.0780 e. The predicted octanol–water partition coefficient (Wildman–Crippen LogP) is 5.71. The third-order valence-corrected chi connectivity index (χ3v) is 4.67. The zero-order chi connectivity index (χ0) is 20.1. The molecule has 3 nitrogen and oxygen atoms in total. The van der Waals surface area contributed by atoms with Crippen LogP contribution >= 0.6 is 0 Å². The van der Waals surface area contributed by atoms with Gasteiger partial charge < -0.3 is 14.4 Å². The van der Waals surface area contributed by atoms with Crippen LogP contribution in [-0.2, 0) is 4.79 Å². The second kappa shape index (κ2) is 20.7. The van der Waals surface area contributed by atoms with Gasteiger partial charge in [-0.15, -0.1) is 0 Å². The summed E-state index contributed by atoms with van der Waals surface area (Å²) in [5, 5.41) is 10.0. The molecular formula is C23H49NO2. The highest BCUT2D eigenvalue weighted by molar-refractivity contribution is 5.63. The summed E-state index contributed by atoms with van der Waals surface area (Å²) in [6.07, 6.45) is 19.8. The Bertz CT molecular complexity index is 284. The highest BCUT2D eigenvalue weighted by Crippen LogP contribution is 2.09. The second-order valence-electron chi connectivity index (χ2n) is 8.73. The molecule has 0 rings (SSSR count). The molecule has 0 heterocycles. The van der Waals surface area contributed by atoms with Crippen LogP contribution in [0.4, 0.5) is 0 Å². The van der Waals surface area contributed by atoms with Crippen molar-refractivity contribution >= 4 is 5.97 Å². The molecule has 0 unspecified atom stereocenters. The van der Waals surface area contributed by atoms with Crippen LogP contribution in [0.2, 0.25) is 0 Å². The SMILES string of the molecule is CCCCCCCCCC(=O)[O-].CCCCCCCCCC[N+](C)(C)C.